The number of halogens is 2. The van der Waals surface area contributed by atoms with Crippen LogP contribution in [0, 0.1) is 0 Å². The number of ether oxygens (including phenoxy) is 1. The van der Waals surface area contributed by atoms with Gasteiger partial charge < -0.3 is 4.74 Å². The largest absolute Gasteiger partial charge is 0.457 e. The quantitative estimate of drug-likeness (QED) is 0.678. The van der Waals surface area contributed by atoms with E-state index in [9.17, 15) is 0 Å². The van der Waals surface area contributed by atoms with Gasteiger partial charge in [-0.05, 0) is 42.3 Å². The lowest BCUT2D eigenvalue weighted by Gasteiger charge is -2.10. The van der Waals surface area contributed by atoms with Crippen molar-refractivity contribution in [3.63, 3.8) is 0 Å². The molecule has 0 aliphatic heterocycles. The lowest BCUT2D eigenvalue weighted by molar-refractivity contribution is 0.478. The first-order chi connectivity index (χ1) is 8.72. The highest BCUT2D eigenvalue weighted by Gasteiger charge is 2.05. The van der Waals surface area contributed by atoms with Crippen LogP contribution in [-0.2, 0) is 12.3 Å². The molecule has 0 fully saturated rings. The Kier molecular flexibility index (Phi) is 4.51. The monoisotopic (exact) mass is 280 g/mol. The molecule has 0 amide bonds. The van der Waals surface area contributed by atoms with E-state index in [0.717, 1.165) is 23.5 Å². The number of alkyl halides is 1. The van der Waals surface area contributed by atoms with Crippen molar-refractivity contribution in [2.75, 3.05) is 0 Å². The van der Waals surface area contributed by atoms with Crippen molar-refractivity contribution in [1.29, 1.82) is 0 Å². The fraction of sp³-hybridized carbons (Fsp3) is 0.200. The van der Waals surface area contributed by atoms with E-state index in [1.807, 2.05) is 24.3 Å². The Morgan fingerprint density at radius 3 is 2.39 bits per heavy atom. The first kappa shape index (κ1) is 13.3. The average Bonchev–Trinajstić information content (AvgIpc) is 2.41. The Balaban J connectivity index is 2.22. The Hall–Kier alpha value is -1.18. The molecular formula is C15H14Cl2O. The van der Waals surface area contributed by atoms with Gasteiger partial charge in [0.2, 0.25) is 0 Å². The first-order valence-electron chi connectivity index (χ1n) is 5.84. The van der Waals surface area contributed by atoms with E-state index in [1.165, 1.54) is 5.56 Å². The lowest BCUT2D eigenvalue weighted by Crippen LogP contribution is -1.90. The summed E-state index contributed by atoms with van der Waals surface area (Å²) < 4.78 is 5.81. The molecule has 0 atom stereocenters. The number of hydrogen-bond acceptors (Lipinski definition) is 1. The third-order valence-corrected chi connectivity index (χ3v) is 3.25. The molecular weight excluding hydrogens is 267 g/mol. The molecule has 1 nitrogen and oxygen atoms in total. The molecule has 94 valence electrons. The van der Waals surface area contributed by atoms with Crippen molar-refractivity contribution < 1.29 is 4.74 Å². The standard InChI is InChI=1S/C15H14Cl2O/c1-2-11-3-6-14(7-4-11)18-15-8-5-13(17)9-12(15)10-16/h3-9H,2,10H2,1H3. The summed E-state index contributed by atoms with van der Waals surface area (Å²) in [7, 11) is 0. The molecule has 2 aromatic rings. The Labute approximate surface area is 117 Å². The van der Waals surface area contributed by atoms with Gasteiger partial charge in [0.05, 0.1) is 5.88 Å². The summed E-state index contributed by atoms with van der Waals surface area (Å²) in [6.07, 6.45) is 1.02. The minimum atomic E-state index is 0.378. The van der Waals surface area contributed by atoms with Crippen LogP contribution in [0.4, 0.5) is 0 Å². The normalized spacial score (nSPS) is 10.4. The Morgan fingerprint density at radius 2 is 1.78 bits per heavy atom. The van der Waals surface area contributed by atoms with Crippen LogP contribution in [0.25, 0.3) is 0 Å². The van der Waals surface area contributed by atoms with Crippen molar-refractivity contribution in [2.24, 2.45) is 0 Å². The second kappa shape index (κ2) is 6.12. The summed E-state index contributed by atoms with van der Waals surface area (Å²) in [5.41, 5.74) is 2.18. The number of benzene rings is 2. The maximum atomic E-state index is 5.92. The molecule has 0 saturated heterocycles. The molecule has 0 saturated carbocycles. The maximum absolute atomic E-state index is 5.92. The van der Waals surface area contributed by atoms with Gasteiger partial charge in [-0.1, -0.05) is 30.7 Å². The maximum Gasteiger partial charge on any atom is 0.131 e. The van der Waals surface area contributed by atoms with E-state index >= 15 is 0 Å². The average molecular weight is 281 g/mol. The number of hydrogen-bond donors (Lipinski definition) is 0. The molecule has 0 heterocycles. The molecule has 2 aromatic carbocycles. The van der Waals surface area contributed by atoms with Crippen molar-refractivity contribution >= 4 is 23.2 Å². The van der Waals surface area contributed by atoms with Gasteiger partial charge in [0.15, 0.2) is 0 Å². The zero-order valence-electron chi connectivity index (χ0n) is 10.1. The zero-order valence-corrected chi connectivity index (χ0v) is 11.6. The van der Waals surface area contributed by atoms with E-state index in [4.69, 9.17) is 27.9 Å². The zero-order chi connectivity index (χ0) is 13.0. The fourth-order valence-electron chi connectivity index (χ4n) is 1.67. The van der Waals surface area contributed by atoms with Gasteiger partial charge in [0.25, 0.3) is 0 Å². The molecule has 0 radical (unpaired) electrons. The minimum absolute atomic E-state index is 0.378. The van der Waals surface area contributed by atoms with Gasteiger partial charge >= 0.3 is 0 Å². The van der Waals surface area contributed by atoms with Gasteiger partial charge in [-0.15, -0.1) is 11.6 Å². The molecule has 0 aromatic heterocycles. The summed E-state index contributed by atoms with van der Waals surface area (Å²) in [5.74, 6) is 1.93. The van der Waals surface area contributed by atoms with Crippen LogP contribution >= 0.6 is 23.2 Å². The minimum Gasteiger partial charge on any atom is -0.457 e. The summed E-state index contributed by atoms with van der Waals surface area (Å²) in [4.78, 5) is 0. The molecule has 0 aliphatic carbocycles. The highest BCUT2D eigenvalue weighted by Crippen LogP contribution is 2.29. The van der Waals surface area contributed by atoms with Crippen molar-refractivity contribution in [1.82, 2.24) is 0 Å². The van der Waals surface area contributed by atoms with E-state index < -0.39 is 0 Å². The van der Waals surface area contributed by atoms with Gasteiger partial charge in [-0.3, -0.25) is 0 Å². The summed E-state index contributed by atoms with van der Waals surface area (Å²) in [6.45, 7) is 2.13. The molecule has 0 spiro atoms. The van der Waals surface area contributed by atoms with Crippen LogP contribution in [0.3, 0.4) is 0 Å². The lowest BCUT2D eigenvalue weighted by atomic mass is 10.2. The molecule has 18 heavy (non-hydrogen) atoms. The number of rotatable bonds is 4. The summed E-state index contributed by atoms with van der Waals surface area (Å²) in [5, 5.41) is 0.666. The van der Waals surface area contributed by atoms with Gasteiger partial charge in [-0.25, -0.2) is 0 Å². The van der Waals surface area contributed by atoms with Crippen molar-refractivity contribution in [3.8, 4) is 11.5 Å². The van der Waals surface area contributed by atoms with Crippen LogP contribution < -0.4 is 4.74 Å². The second-order valence-corrected chi connectivity index (χ2v) is 4.69. The molecule has 0 unspecified atom stereocenters. The smallest absolute Gasteiger partial charge is 0.131 e. The molecule has 0 bridgehead atoms. The highest BCUT2D eigenvalue weighted by atomic mass is 35.5. The number of aryl methyl sites for hydroxylation is 1. The summed E-state index contributed by atoms with van der Waals surface area (Å²) >= 11 is 11.8. The van der Waals surface area contributed by atoms with Crippen LogP contribution in [0.5, 0.6) is 11.5 Å². The third-order valence-electron chi connectivity index (χ3n) is 2.73. The third kappa shape index (κ3) is 3.18. The molecule has 0 aliphatic rings. The van der Waals surface area contributed by atoms with Gasteiger partial charge in [0.1, 0.15) is 11.5 Å². The van der Waals surface area contributed by atoms with Crippen LogP contribution in [-0.4, -0.2) is 0 Å². The topological polar surface area (TPSA) is 9.23 Å². The fourth-order valence-corrected chi connectivity index (χ4v) is 2.08. The molecule has 2 rings (SSSR count). The van der Waals surface area contributed by atoms with Crippen LogP contribution in [0.15, 0.2) is 42.5 Å². The predicted molar refractivity (Wildman–Crippen MR) is 76.9 cm³/mol. The van der Waals surface area contributed by atoms with Crippen LogP contribution in [0.2, 0.25) is 5.02 Å². The van der Waals surface area contributed by atoms with Crippen molar-refractivity contribution in [2.45, 2.75) is 19.2 Å². The van der Waals surface area contributed by atoms with E-state index in [1.54, 1.807) is 6.07 Å². The molecule has 3 heteroatoms. The SMILES string of the molecule is CCc1ccc(Oc2ccc(Cl)cc2CCl)cc1. The van der Waals surface area contributed by atoms with E-state index in [0.29, 0.717) is 10.9 Å². The highest BCUT2D eigenvalue weighted by molar-refractivity contribution is 6.30. The van der Waals surface area contributed by atoms with E-state index in [2.05, 4.69) is 19.1 Å². The predicted octanol–water partition coefficient (Wildman–Crippen LogP) is 5.43. The summed E-state index contributed by atoms with van der Waals surface area (Å²) in [6, 6.07) is 13.5. The first-order valence-corrected chi connectivity index (χ1v) is 6.75. The van der Waals surface area contributed by atoms with Crippen molar-refractivity contribution in [3.05, 3.63) is 58.6 Å². The van der Waals surface area contributed by atoms with Crippen LogP contribution in [0.1, 0.15) is 18.1 Å². The van der Waals surface area contributed by atoms with Gasteiger partial charge in [-0.2, -0.15) is 0 Å². The second-order valence-electron chi connectivity index (χ2n) is 3.99. The Bertz CT molecular complexity index is 521. The molecule has 0 N–H and O–H groups in total. The Morgan fingerprint density at radius 1 is 1.06 bits per heavy atom. The van der Waals surface area contributed by atoms with Gasteiger partial charge in [0, 0.05) is 10.6 Å². The van der Waals surface area contributed by atoms with E-state index in [-0.39, 0.29) is 0 Å².